The average Bonchev–Trinajstić information content (AvgIpc) is 3.69. The molecule has 2 N–H and O–H groups in total. The molecule has 11 nitrogen and oxygen atoms in total. The summed E-state index contributed by atoms with van der Waals surface area (Å²) in [6.45, 7) is 2.39. The van der Waals surface area contributed by atoms with Gasteiger partial charge < -0.3 is 20.1 Å². The van der Waals surface area contributed by atoms with Crippen molar-refractivity contribution in [3.05, 3.63) is 92.3 Å². The first kappa shape index (κ1) is 30.7. The van der Waals surface area contributed by atoms with Crippen LogP contribution in [0.1, 0.15) is 28.6 Å². The summed E-state index contributed by atoms with van der Waals surface area (Å²) in [6, 6.07) is 10.7. The number of amidine groups is 1. The second-order valence-corrected chi connectivity index (χ2v) is 12.2. The number of aliphatic carboxylic acids is 1. The number of carbonyl (C=O) groups is 3. The maximum absolute atomic E-state index is 14.6. The second kappa shape index (κ2) is 13.0. The Balaban J connectivity index is 1.25. The number of thiazole rings is 1. The summed E-state index contributed by atoms with van der Waals surface area (Å²) in [7, 11) is 1.29. The maximum Gasteiger partial charge on any atom is 0.338 e. The van der Waals surface area contributed by atoms with E-state index in [1.165, 1.54) is 30.6 Å². The van der Waals surface area contributed by atoms with Crippen molar-refractivity contribution in [3.8, 4) is 0 Å². The molecule has 0 radical (unpaired) electrons. The van der Waals surface area contributed by atoms with E-state index < -0.39 is 23.8 Å². The Bertz CT molecular complexity index is 1680. The minimum absolute atomic E-state index is 0.0455. The van der Waals surface area contributed by atoms with Gasteiger partial charge in [-0.05, 0) is 30.2 Å². The van der Waals surface area contributed by atoms with Gasteiger partial charge in [-0.3, -0.25) is 19.6 Å². The van der Waals surface area contributed by atoms with Crippen LogP contribution in [0.2, 0.25) is 5.02 Å². The number of methoxy groups -OCH3 is 1. The molecule has 2 fully saturated rings. The van der Waals surface area contributed by atoms with Gasteiger partial charge in [0.15, 0.2) is 10.8 Å². The highest BCUT2D eigenvalue weighted by Gasteiger charge is 2.42. The van der Waals surface area contributed by atoms with Crippen LogP contribution in [0.3, 0.4) is 0 Å². The standard InChI is InChI=1S/C31H30ClFN6O5S/c1-44-30(42)25-23(35-28(29-34-11-14-45-29)36-27(25)21-3-2-4-22(33)26(21)32)17-37-12-13-38-20(15-37)16-39(31(38)43)19-8-5-18(6-9-19)7-10-24(40)41/h2-6,8-9,11,14,20,27H,7,10,12-13,15-17H2,1H3,(H,35,36)(H,40,41)/t20-,27-/m0/s1. The SMILES string of the molecule is COC(=O)C1=C(CN2CCN3C(=O)N(c4ccc(CCC(=O)O)cc4)C[C@@H]3C2)NC(c2nccs2)=N[C@H]1c1cccc(F)c1Cl. The molecule has 0 unspecified atom stereocenters. The Morgan fingerprint density at radius 1 is 1.18 bits per heavy atom. The van der Waals surface area contributed by atoms with Gasteiger partial charge in [0.05, 0.1) is 23.7 Å². The zero-order valence-corrected chi connectivity index (χ0v) is 25.9. The summed E-state index contributed by atoms with van der Waals surface area (Å²) in [4.78, 5) is 52.4. The number of hydrogen-bond acceptors (Lipinski definition) is 9. The average molecular weight is 653 g/mol. The molecular formula is C31H30ClFN6O5S. The summed E-state index contributed by atoms with van der Waals surface area (Å²) in [5, 5.41) is 14.5. The first-order valence-electron chi connectivity index (χ1n) is 14.3. The third kappa shape index (κ3) is 6.28. The molecule has 2 atom stereocenters. The maximum atomic E-state index is 14.6. The van der Waals surface area contributed by atoms with Gasteiger partial charge in [-0.2, -0.15) is 0 Å². The number of aromatic nitrogens is 1. The van der Waals surface area contributed by atoms with Crippen LogP contribution in [-0.4, -0.2) is 89.6 Å². The van der Waals surface area contributed by atoms with Gasteiger partial charge in [0.2, 0.25) is 0 Å². The molecule has 234 valence electrons. The van der Waals surface area contributed by atoms with E-state index in [0.717, 1.165) is 11.3 Å². The Morgan fingerprint density at radius 3 is 2.69 bits per heavy atom. The number of halogens is 2. The molecule has 3 aliphatic heterocycles. The van der Waals surface area contributed by atoms with Crippen molar-refractivity contribution in [2.75, 3.05) is 44.7 Å². The minimum atomic E-state index is -0.931. The number of carbonyl (C=O) groups excluding carboxylic acids is 2. The van der Waals surface area contributed by atoms with Crippen molar-refractivity contribution >= 4 is 52.4 Å². The molecule has 0 bridgehead atoms. The van der Waals surface area contributed by atoms with Crippen molar-refractivity contribution in [1.29, 1.82) is 0 Å². The molecule has 0 spiro atoms. The number of carboxylic acid groups (broad SMARTS) is 1. The molecule has 2 amide bonds. The molecule has 0 saturated carbocycles. The fraction of sp³-hybridized carbons (Fsp3) is 0.323. The summed E-state index contributed by atoms with van der Waals surface area (Å²) >= 11 is 7.77. The number of amides is 2. The number of benzene rings is 2. The number of anilines is 1. The van der Waals surface area contributed by atoms with Gasteiger partial charge in [-0.1, -0.05) is 35.9 Å². The molecule has 2 saturated heterocycles. The summed E-state index contributed by atoms with van der Waals surface area (Å²) in [5.41, 5.74) is 2.74. The number of nitrogens with zero attached hydrogens (tertiary/aromatic N) is 5. The number of carboxylic acids is 1. The Morgan fingerprint density at radius 2 is 1.98 bits per heavy atom. The number of ether oxygens (including phenoxy) is 1. The van der Waals surface area contributed by atoms with Crippen molar-refractivity contribution in [2.45, 2.75) is 24.9 Å². The molecule has 3 aromatic rings. The third-order valence-electron chi connectivity index (χ3n) is 8.14. The van der Waals surface area contributed by atoms with Crippen LogP contribution in [0.5, 0.6) is 0 Å². The topological polar surface area (TPSA) is 128 Å². The lowest BCUT2D eigenvalue weighted by Gasteiger charge is -2.38. The van der Waals surface area contributed by atoms with E-state index in [1.54, 1.807) is 17.2 Å². The summed E-state index contributed by atoms with van der Waals surface area (Å²) in [6.07, 6.45) is 2.12. The minimum Gasteiger partial charge on any atom is -0.481 e. The molecule has 3 aliphatic rings. The Kier molecular flexibility index (Phi) is 8.83. The zero-order chi connectivity index (χ0) is 31.7. The van der Waals surface area contributed by atoms with Gasteiger partial charge >= 0.3 is 18.0 Å². The quantitative estimate of drug-likeness (QED) is 0.331. The largest absolute Gasteiger partial charge is 0.481 e. The predicted octanol–water partition coefficient (Wildman–Crippen LogP) is 4.10. The van der Waals surface area contributed by atoms with Gasteiger partial charge in [0.1, 0.15) is 11.9 Å². The van der Waals surface area contributed by atoms with Crippen LogP contribution >= 0.6 is 22.9 Å². The fourth-order valence-electron chi connectivity index (χ4n) is 5.93. The van der Waals surface area contributed by atoms with Crippen LogP contribution < -0.4 is 10.2 Å². The zero-order valence-electron chi connectivity index (χ0n) is 24.3. The van der Waals surface area contributed by atoms with E-state index in [-0.39, 0.29) is 29.1 Å². The second-order valence-electron chi connectivity index (χ2n) is 10.9. The monoisotopic (exact) mass is 652 g/mol. The number of nitrogens with one attached hydrogen (secondary N) is 1. The molecule has 45 heavy (non-hydrogen) atoms. The number of aryl methyl sites for hydroxylation is 1. The van der Waals surface area contributed by atoms with E-state index in [9.17, 15) is 18.8 Å². The molecule has 4 heterocycles. The number of piperazine rings is 1. The highest BCUT2D eigenvalue weighted by Crippen LogP contribution is 2.38. The van der Waals surface area contributed by atoms with Crippen LogP contribution in [0.25, 0.3) is 0 Å². The fourth-order valence-corrected chi connectivity index (χ4v) is 6.74. The Labute approximate surface area is 267 Å². The van der Waals surface area contributed by atoms with Crippen molar-refractivity contribution in [2.24, 2.45) is 4.99 Å². The van der Waals surface area contributed by atoms with Gasteiger partial charge in [0, 0.05) is 67.7 Å². The van der Waals surface area contributed by atoms with E-state index in [1.807, 2.05) is 34.5 Å². The molecule has 0 aliphatic carbocycles. The van der Waals surface area contributed by atoms with Crippen molar-refractivity contribution in [1.82, 2.24) is 20.1 Å². The molecule has 2 aromatic carbocycles. The van der Waals surface area contributed by atoms with E-state index >= 15 is 0 Å². The lowest BCUT2D eigenvalue weighted by Crippen LogP contribution is -2.53. The van der Waals surface area contributed by atoms with Crippen LogP contribution in [-0.2, 0) is 20.7 Å². The third-order valence-corrected chi connectivity index (χ3v) is 9.31. The van der Waals surface area contributed by atoms with Crippen molar-refractivity contribution in [3.63, 3.8) is 0 Å². The molecule has 6 rings (SSSR count). The number of aliphatic imine (C=N–C) groups is 1. The lowest BCUT2D eigenvalue weighted by molar-refractivity contribution is -0.137. The van der Waals surface area contributed by atoms with E-state index in [0.29, 0.717) is 61.2 Å². The van der Waals surface area contributed by atoms with Gasteiger partial charge in [-0.15, -0.1) is 11.3 Å². The van der Waals surface area contributed by atoms with Crippen LogP contribution in [0.15, 0.2) is 70.3 Å². The lowest BCUT2D eigenvalue weighted by atomic mass is 9.95. The normalized spacial score (nSPS) is 20.2. The molecule has 14 heteroatoms. The number of fused-ring (bicyclic) bond motifs is 1. The highest BCUT2D eigenvalue weighted by atomic mass is 35.5. The van der Waals surface area contributed by atoms with Crippen molar-refractivity contribution < 1.29 is 28.6 Å². The van der Waals surface area contributed by atoms with E-state index in [4.69, 9.17) is 26.4 Å². The number of urea groups is 1. The summed E-state index contributed by atoms with van der Waals surface area (Å²) < 4.78 is 19.7. The molecular weight excluding hydrogens is 623 g/mol. The predicted molar refractivity (Wildman–Crippen MR) is 167 cm³/mol. The first-order chi connectivity index (χ1) is 21.7. The van der Waals surface area contributed by atoms with Gasteiger partial charge in [0.25, 0.3) is 0 Å². The number of rotatable bonds is 9. The first-order valence-corrected chi connectivity index (χ1v) is 15.6. The smallest absolute Gasteiger partial charge is 0.338 e. The molecule has 1 aromatic heterocycles. The number of esters is 1. The number of hydrogen-bond donors (Lipinski definition) is 2. The van der Waals surface area contributed by atoms with Gasteiger partial charge in [-0.25, -0.2) is 19.0 Å². The highest BCUT2D eigenvalue weighted by molar-refractivity contribution is 7.11. The van der Waals surface area contributed by atoms with E-state index in [2.05, 4.69) is 15.2 Å². The Hall–Kier alpha value is -4.33. The van der Waals surface area contributed by atoms with Crippen LogP contribution in [0.4, 0.5) is 14.9 Å². The van der Waals surface area contributed by atoms with Crippen LogP contribution in [0, 0.1) is 5.82 Å². The summed E-state index contributed by atoms with van der Waals surface area (Å²) in [5.74, 6) is -1.65.